The van der Waals surface area contributed by atoms with Crippen LogP contribution in [0.5, 0.6) is 5.75 Å². The van der Waals surface area contributed by atoms with Gasteiger partial charge in [-0.05, 0) is 31.1 Å². The Morgan fingerprint density at radius 2 is 1.92 bits per heavy atom. The molecule has 1 saturated heterocycles. The van der Waals surface area contributed by atoms with Crippen molar-refractivity contribution < 1.29 is 5.11 Å². The van der Waals surface area contributed by atoms with Gasteiger partial charge in [0, 0.05) is 31.4 Å². The minimum absolute atomic E-state index is 0.212. The molecule has 0 unspecified atom stereocenters. The predicted octanol–water partition coefficient (Wildman–Crippen LogP) is 1.56. The van der Waals surface area contributed by atoms with Crippen LogP contribution < -0.4 is 20.8 Å². The van der Waals surface area contributed by atoms with Gasteiger partial charge in [-0.1, -0.05) is 36.8 Å². The first-order chi connectivity index (χ1) is 12.8. The molecule has 2 aromatic rings. The highest BCUT2D eigenvalue weighted by Gasteiger charge is 2.17. The number of allylic oxidation sites excluding steroid dienone is 2. The Balaban J connectivity index is 1.93. The smallest absolute Gasteiger partial charge is 0.165 e. The summed E-state index contributed by atoms with van der Waals surface area (Å²) in [5.74, 6) is 1.75. The van der Waals surface area contributed by atoms with Gasteiger partial charge in [0.15, 0.2) is 5.82 Å². The largest absolute Gasteiger partial charge is 0.507 e. The Morgan fingerprint density at radius 1 is 1.12 bits per heavy atom. The number of piperazine rings is 1. The number of anilines is 1. The lowest BCUT2D eigenvalue weighted by atomic mass is 10.1. The molecule has 26 heavy (non-hydrogen) atoms. The van der Waals surface area contributed by atoms with E-state index in [1.54, 1.807) is 6.07 Å². The Morgan fingerprint density at radius 3 is 2.69 bits per heavy atom. The van der Waals surface area contributed by atoms with Gasteiger partial charge in [-0.2, -0.15) is 0 Å². The van der Waals surface area contributed by atoms with Gasteiger partial charge in [0.1, 0.15) is 11.6 Å². The first-order valence-electron chi connectivity index (χ1n) is 9.28. The third-order valence-electron chi connectivity index (χ3n) is 5.01. The van der Waals surface area contributed by atoms with Crippen molar-refractivity contribution in [3.05, 3.63) is 46.5 Å². The molecule has 0 spiro atoms. The lowest BCUT2D eigenvalue weighted by Gasteiger charge is -2.29. The van der Waals surface area contributed by atoms with Gasteiger partial charge in [0.2, 0.25) is 0 Å². The topological polar surface area (TPSA) is 61.3 Å². The number of nitrogens with zero attached hydrogens (tertiary/aromatic N) is 3. The van der Waals surface area contributed by atoms with E-state index >= 15 is 0 Å². The molecule has 0 saturated carbocycles. The van der Waals surface area contributed by atoms with E-state index in [0.29, 0.717) is 11.4 Å². The van der Waals surface area contributed by atoms with Crippen molar-refractivity contribution >= 4 is 18.0 Å². The second kappa shape index (κ2) is 7.30. The molecule has 2 aliphatic rings. The third-order valence-corrected chi connectivity index (χ3v) is 5.01. The number of rotatable bonds is 3. The number of fused-ring (bicyclic) bond motifs is 1. The van der Waals surface area contributed by atoms with Gasteiger partial charge < -0.3 is 15.3 Å². The summed E-state index contributed by atoms with van der Waals surface area (Å²) in [5, 5.41) is 15.7. The van der Waals surface area contributed by atoms with Crippen LogP contribution in [-0.4, -0.2) is 41.3 Å². The molecule has 2 N–H and O–H groups in total. The summed E-state index contributed by atoms with van der Waals surface area (Å²) >= 11 is 0. The Hall–Kier alpha value is -2.66. The second-order valence-electron chi connectivity index (χ2n) is 6.68. The van der Waals surface area contributed by atoms with Gasteiger partial charge in [-0.15, -0.1) is 0 Å². The fourth-order valence-electron chi connectivity index (χ4n) is 3.45. The summed E-state index contributed by atoms with van der Waals surface area (Å²) in [6.07, 6.45) is 8.48. The van der Waals surface area contributed by atoms with Crippen molar-refractivity contribution in [1.29, 1.82) is 0 Å². The summed E-state index contributed by atoms with van der Waals surface area (Å²) in [6.45, 7) is 5.92. The number of benzene rings is 1. The lowest BCUT2D eigenvalue weighted by Crippen LogP contribution is -2.47. The molecule has 134 valence electrons. The minimum atomic E-state index is 0.212. The fourth-order valence-corrected chi connectivity index (χ4v) is 3.45. The van der Waals surface area contributed by atoms with E-state index in [-0.39, 0.29) is 5.75 Å². The molecule has 4 rings (SSSR count). The van der Waals surface area contributed by atoms with Crippen LogP contribution >= 0.6 is 0 Å². The third kappa shape index (κ3) is 3.22. The van der Waals surface area contributed by atoms with Crippen molar-refractivity contribution in [3.8, 4) is 17.1 Å². The molecule has 2 heterocycles. The van der Waals surface area contributed by atoms with E-state index in [9.17, 15) is 5.11 Å². The van der Waals surface area contributed by atoms with Crippen LogP contribution in [0.3, 0.4) is 0 Å². The van der Waals surface area contributed by atoms with Crippen molar-refractivity contribution in [2.24, 2.45) is 0 Å². The first-order valence-corrected chi connectivity index (χ1v) is 9.28. The number of phenols is 1. The zero-order valence-corrected chi connectivity index (χ0v) is 15.1. The molecule has 1 aromatic carbocycles. The molecule has 1 aromatic heterocycles. The predicted molar refractivity (Wildman–Crippen MR) is 105 cm³/mol. The average Bonchev–Trinajstić information content (AvgIpc) is 2.90. The molecule has 0 bridgehead atoms. The number of nitrogens with one attached hydrogen (secondary N) is 1. The molecule has 0 radical (unpaired) electrons. The molecule has 5 nitrogen and oxygen atoms in total. The number of aromatic nitrogens is 2. The molecule has 1 aliphatic heterocycles. The first kappa shape index (κ1) is 16.8. The van der Waals surface area contributed by atoms with Gasteiger partial charge in [0.05, 0.1) is 10.9 Å². The van der Waals surface area contributed by atoms with Crippen LogP contribution in [0.4, 0.5) is 5.82 Å². The van der Waals surface area contributed by atoms with Crippen LogP contribution in [0, 0.1) is 0 Å². The van der Waals surface area contributed by atoms with Gasteiger partial charge in [-0.25, -0.2) is 9.97 Å². The maximum absolute atomic E-state index is 10.3. The van der Waals surface area contributed by atoms with Crippen LogP contribution in [0.1, 0.15) is 19.8 Å². The summed E-state index contributed by atoms with van der Waals surface area (Å²) in [4.78, 5) is 12.0. The van der Waals surface area contributed by atoms with E-state index in [0.717, 1.165) is 55.4 Å². The Kier molecular flexibility index (Phi) is 4.71. The van der Waals surface area contributed by atoms with E-state index in [1.165, 1.54) is 5.57 Å². The number of hydrogen-bond acceptors (Lipinski definition) is 5. The summed E-state index contributed by atoms with van der Waals surface area (Å²) < 4.78 is 0. The molecule has 0 amide bonds. The Labute approximate surface area is 153 Å². The van der Waals surface area contributed by atoms with Crippen molar-refractivity contribution in [2.75, 3.05) is 31.1 Å². The van der Waals surface area contributed by atoms with Gasteiger partial charge in [0.25, 0.3) is 0 Å². The van der Waals surface area contributed by atoms with E-state index < -0.39 is 0 Å². The molecule has 5 heteroatoms. The zero-order chi connectivity index (χ0) is 17.9. The number of hydrogen-bond donors (Lipinski definition) is 2. The highest BCUT2D eigenvalue weighted by molar-refractivity contribution is 5.66. The van der Waals surface area contributed by atoms with Crippen molar-refractivity contribution in [2.45, 2.75) is 19.8 Å². The lowest BCUT2D eigenvalue weighted by molar-refractivity contribution is 0.477. The normalized spacial score (nSPS) is 16.8. The highest BCUT2D eigenvalue weighted by atomic mass is 16.3. The van der Waals surface area contributed by atoms with Gasteiger partial charge >= 0.3 is 0 Å². The SMILES string of the molecule is CCC1=CC=c2c(N3CCNCC3)nc(-c3ccccc3O)nc2=CC1. The van der Waals surface area contributed by atoms with E-state index in [4.69, 9.17) is 9.97 Å². The number of phenolic OH excluding ortho intramolecular Hbond substituents is 1. The molecular formula is C21H24N4O. The standard InChI is InChI=1S/C21H24N4O/c1-2-15-7-9-16-18(10-8-15)23-20(17-5-3-4-6-19(17)26)24-21(16)25-13-11-22-12-14-25/h3-7,9-10,22,26H,2,8,11-14H2,1H3. The summed E-state index contributed by atoms with van der Waals surface area (Å²) in [5.41, 5.74) is 2.06. The maximum Gasteiger partial charge on any atom is 0.165 e. The fraction of sp³-hybridized carbons (Fsp3) is 0.333. The van der Waals surface area contributed by atoms with E-state index in [2.05, 4.69) is 35.4 Å². The molecular weight excluding hydrogens is 324 g/mol. The van der Waals surface area contributed by atoms with Crippen molar-refractivity contribution in [1.82, 2.24) is 15.3 Å². The van der Waals surface area contributed by atoms with Gasteiger partial charge in [-0.3, -0.25) is 0 Å². The number of para-hydroxylation sites is 1. The van der Waals surface area contributed by atoms with Crippen LogP contribution in [0.2, 0.25) is 0 Å². The van der Waals surface area contributed by atoms with Crippen LogP contribution in [0.15, 0.2) is 35.9 Å². The number of aromatic hydroxyl groups is 1. The van der Waals surface area contributed by atoms with Crippen LogP contribution in [-0.2, 0) is 0 Å². The van der Waals surface area contributed by atoms with E-state index in [1.807, 2.05) is 18.2 Å². The van der Waals surface area contributed by atoms with Crippen molar-refractivity contribution in [3.63, 3.8) is 0 Å². The summed E-state index contributed by atoms with van der Waals surface area (Å²) in [6, 6.07) is 7.27. The second-order valence-corrected chi connectivity index (χ2v) is 6.68. The molecule has 1 fully saturated rings. The highest BCUT2D eigenvalue weighted by Crippen LogP contribution is 2.25. The van der Waals surface area contributed by atoms with Crippen LogP contribution in [0.25, 0.3) is 23.5 Å². The minimum Gasteiger partial charge on any atom is -0.507 e. The molecule has 1 aliphatic carbocycles. The zero-order valence-electron chi connectivity index (χ0n) is 15.1. The maximum atomic E-state index is 10.3. The molecule has 0 atom stereocenters. The monoisotopic (exact) mass is 348 g/mol. The Bertz CT molecular complexity index is 958. The summed E-state index contributed by atoms with van der Waals surface area (Å²) in [7, 11) is 0. The average molecular weight is 348 g/mol. The quantitative estimate of drug-likeness (QED) is 0.882.